The predicted molar refractivity (Wildman–Crippen MR) is 115 cm³/mol. The van der Waals surface area contributed by atoms with Gasteiger partial charge in [-0.05, 0) is 32.9 Å². The highest BCUT2D eigenvalue weighted by Crippen LogP contribution is 2.32. The molecule has 0 aliphatic rings. The summed E-state index contributed by atoms with van der Waals surface area (Å²) >= 11 is 6.26. The van der Waals surface area contributed by atoms with Crippen LogP contribution >= 0.6 is 11.6 Å². The predicted octanol–water partition coefficient (Wildman–Crippen LogP) is 4.58. The van der Waals surface area contributed by atoms with E-state index in [1.807, 2.05) is 17.7 Å². The lowest BCUT2D eigenvalue weighted by molar-refractivity contribution is 0.0576. The fraction of sp³-hybridized carbons (Fsp3) is 0.381. The summed E-state index contributed by atoms with van der Waals surface area (Å²) in [6.07, 6.45) is 1.08. The second-order valence-electron chi connectivity index (χ2n) is 7.74. The van der Waals surface area contributed by atoms with Crippen molar-refractivity contribution >= 4 is 34.5 Å². The largest absolute Gasteiger partial charge is 0.497 e. The standard InChI is InChI=1S/C21H25ClN4O4/c1-21(2,3)30-20(27)26(11-13-7-8-14(28-5)9-16(13)29-6)19-18-15(10-17(22)24-19)25(4)12-23-18/h7-10,12H,11H2,1-6H3. The number of benzene rings is 1. The molecule has 0 bridgehead atoms. The maximum absolute atomic E-state index is 13.2. The average Bonchev–Trinajstić information content (AvgIpc) is 3.05. The van der Waals surface area contributed by atoms with Crippen molar-refractivity contribution in [3.63, 3.8) is 0 Å². The van der Waals surface area contributed by atoms with Crippen LogP contribution in [-0.2, 0) is 18.3 Å². The highest BCUT2D eigenvalue weighted by Gasteiger charge is 2.28. The van der Waals surface area contributed by atoms with Crippen molar-refractivity contribution in [3.8, 4) is 11.5 Å². The quantitative estimate of drug-likeness (QED) is 0.549. The van der Waals surface area contributed by atoms with Gasteiger partial charge in [-0.15, -0.1) is 0 Å². The number of imidazole rings is 1. The molecule has 9 heteroatoms. The molecule has 3 rings (SSSR count). The van der Waals surface area contributed by atoms with E-state index in [1.165, 1.54) is 4.90 Å². The lowest BCUT2D eigenvalue weighted by Crippen LogP contribution is -2.37. The Kier molecular flexibility index (Phi) is 6.07. The van der Waals surface area contributed by atoms with Gasteiger partial charge in [0.25, 0.3) is 0 Å². The average molecular weight is 433 g/mol. The molecular weight excluding hydrogens is 408 g/mol. The Morgan fingerprint density at radius 3 is 2.57 bits per heavy atom. The van der Waals surface area contributed by atoms with Gasteiger partial charge in [-0.2, -0.15) is 0 Å². The Bertz CT molecular complexity index is 1070. The number of carbonyl (C=O) groups is 1. The third kappa shape index (κ3) is 4.59. The molecule has 0 saturated carbocycles. The summed E-state index contributed by atoms with van der Waals surface area (Å²) < 4.78 is 18.2. The van der Waals surface area contributed by atoms with Crippen LogP contribution in [0.15, 0.2) is 30.6 Å². The first kappa shape index (κ1) is 21.7. The molecule has 2 heterocycles. The number of nitrogens with zero attached hydrogens (tertiary/aromatic N) is 4. The molecule has 8 nitrogen and oxygen atoms in total. The first-order chi connectivity index (χ1) is 14.1. The van der Waals surface area contributed by atoms with Crippen molar-refractivity contribution < 1.29 is 19.0 Å². The van der Waals surface area contributed by atoms with Crippen LogP contribution in [0.1, 0.15) is 26.3 Å². The molecule has 2 aromatic heterocycles. The number of hydrogen-bond acceptors (Lipinski definition) is 6. The smallest absolute Gasteiger partial charge is 0.416 e. The van der Waals surface area contributed by atoms with Gasteiger partial charge in [0.05, 0.1) is 32.6 Å². The summed E-state index contributed by atoms with van der Waals surface area (Å²) in [5, 5.41) is 0.247. The molecule has 30 heavy (non-hydrogen) atoms. The van der Waals surface area contributed by atoms with Crippen LogP contribution < -0.4 is 14.4 Å². The number of aryl methyl sites for hydroxylation is 1. The number of amides is 1. The molecule has 1 amide bonds. The Morgan fingerprint density at radius 2 is 1.93 bits per heavy atom. The van der Waals surface area contributed by atoms with Crippen LogP contribution in [0.3, 0.4) is 0 Å². The van der Waals surface area contributed by atoms with Crippen molar-refractivity contribution in [1.82, 2.24) is 14.5 Å². The molecule has 0 spiro atoms. The minimum absolute atomic E-state index is 0.140. The van der Waals surface area contributed by atoms with Crippen molar-refractivity contribution in [2.75, 3.05) is 19.1 Å². The molecule has 0 N–H and O–H groups in total. The topological polar surface area (TPSA) is 78.7 Å². The normalized spacial score (nSPS) is 11.4. The molecule has 3 aromatic rings. The molecule has 0 aliphatic heterocycles. The van der Waals surface area contributed by atoms with Crippen molar-refractivity contribution in [2.24, 2.45) is 7.05 Å². The van der Waals surface area contributed by atoms with Crippen LogP contribution in [0.2, 0.25) is 5.15 Å². The first-order valence-electron chi connectivity index (χ1n) is 9.32. The summed E-state index contributed by atoms with van der Waals surface area (Å²) in [6, 6.07) is 7.08. The second-order valence-corrected chi connectivity index (χ2v) is 8.12. The highest BCUT2D eigenvalue weighted by molar-refractivity contribution is 6.30. The Labute approximate surface area is 180 Å². The van der Waals surface area contributed by atoms with E-state index in [0.717, 1.165) is 11.1 Å². The first-order valence-corrected chi connectivity index (χ1v) is 9.69. The Morgan fingerprint density at radius 1 is 1.20 bits per heavy atom. The van der Waals surface area contributed by atoms with Crippen LogP contribution in [0.25, 0.3) is 11.0 Å². The van der Waals surface area contributed by atoms with E-state index in [4.69, 9.17) is 25.8 Å². The Hall–Kier alpha value is -3.00. The van der Waals surface area contributed by atoms with E-state index in [9.17, 15) is 4.79 Å². The van der Waals surface area contributed by atoms with Crippen LogP contribution in [0.5, 0.6) is 11.5 Å². The van der Waals surface area contributed by atoms with E-state index >= 15 is 0 Å². The van der Waals surface area contributed by atoms with Gasteiger partial charge in [0.2, 0.25) is 0 Å². The maximum Gasteiger partial charge on any atom is 0.416 e. The number of aromatic nitrogens is 3. The highest BCUT2D eigenvalue weighted by atomic mass is 35.5. The summed E-state index contributed by atoms with van der Waals surface area (Å²) in [5.74, 6) is 1.53. The van der Waals surface area contributed by atoms with E-state index < -0.39 is 11.7 Å². The molecule has 0 unspecified atom stereocenters. The molecular formula is C21H25ClN4O4. The zero-order valence-electron chi connectivity index (χ0n) is 17.9. The third-order valence-electron chi connectivity index (χ3n) is 4.36. The lowest BCUT2D eigenvalue weighted by atomic mass is 10.1. The van der Waals surface area contributed by atoms with Gasteiger partial charge in [-0.3, -0.25) is 4.90 Å². The summed E-state index contributed by atoms with van der Waals surface area (Å²) in [6.45, 7) is 5.55. The number of anilines is 1. The van der Waals surface area contributed by atoms with E-state index in [1.54, 1.807) is 59.5 Å². The van der Waals surface area contributed by atoms with E-state index in [0.29, 0.717) is 22.8 Å². The molecule has 0 radical (unpaired) electrons. The zero-order valence-corrected chi connectivity index (χ0v) is 18.6. The van der Waals surface area contributed by atoms with Gasteiger partial charge in [-0.25, -0.2) is 14.8 Å². The number of methoxy groups -OCH3 is 2. The molecule has 1 aromatic carbocycles. The van der Waals surface area contributed by atoms with E-state index in [2.05, 4.69) is 9.97 Å². The van der Waals surface area contributed by atoms with Crippen molar-refractivity contribution in [2.45, 2.75) is 32.9 Å². The zero-order chi connectivity index (χ0) is 22.1. The van der Waals surface area contributed by atoms with Crippen molar-refractivity contribution in [3.05, 3.63) is 41.3 Å². The molecule has 0 saturated heterocycles. The summed E-state index contributed by atoms with van der Waals surface area (Å²) in [4.78, 5) is 23.4. The summed E-state index contributed by atoms with van der Waals surface area (Å²) in [7, 11) is 4.99. The number of carbonyl (C=O) groups excluding carboxylic acids is 1. The minimum Gasteiger partial charge on any atom is -0.497 e. The number of fused-ring (bicyclic) bond motifs is 1. The fourth-order valence-corrected chi connectivity index (χ4v) is 3.15. The second kappa shape index (κ2) is 8.39. The molecule has 0 aliphatic carbocycles. The van der Waals surface area contributed by atoms with Crippen LogP contribution in [-0.4, -0.2) is 40.4 Å². The fourth-order valence-electron chi connectivity index (χ4n) is 2.97. The van der Waals surface area contributed by atoms with Gasteiger partial charge in [-0.1, -0.05) is 11.6 Å². The van der Waals surface area contributed by atoms with Gasteiger partial charge in [0.15, 0.2) is 5.82 Å². The third-order valence-corrected chi connectivity index (χ3v) is 4.55. The van der Waals surface area contributed by atoms with Gasteiger partial charge >= 0.3 is 6.09 Å². The van der Waals surface area contributed by atoms with Gasteiger partial charge < -0.3 is 18.8 Å². The summed E-state index contributed by atoms with van der Waals surface area (Å²) in [5.41, 5.74) is 1.34. The number of pyridine rings is 1. The Balaban J connectivity index is 2.12. The van der Waals surface area contributed by atoms with Crippen LogP contribution in [0.4, 0.5) is 10.6 Å². The number of ether oxygens (including phenoxy) is 3. The number of halogens is 1. The number of hydrogen-bond donors (Lipinski definition) is 0. The molecule has 160 valence electrons. The number of rotatable bonds is 5. The molecule has 0 fully saturated rings. The van der Waals surface area contributed by atoms with Gasteiger partial charge in [0, 0.05) is 24.7 Å². The maximum atomic E-state index is 13.2. The van der Waals surface area contributed by atoms with E-state index in [-0.39, 0.29) is 11.7 Å². The minimum atomic E-state index is -0.693. The molecule has 0 atom stereocenters. The SMILES string of the molecule is COc1ccc(CN(C(=O)OC(C)(C)C)c2nc(Cl)cc3c2ncn3C)c(OC)c1. The van der Waals surface area contributed by atoms with Crippen molar-refractivity contribution in [1.29, 1.82) is 0 Å². The monoisotopic (exact) mass is 432 g/mol. The lowest BCUT2D eigenvalue weighted by Gasteiger charge is -2.27. The van der Waals surface area contributed by atoms with Gasteiger partial charge in [0.1, 0.15) is 27.8 Å². The van der Waals surface area contributed by atoms with Crippen LogP contribution in [0, 0.1) is 0 Å².